The number of aromatic nitrogens is 3. The Labute approximate surface area is 132 Å². The molecule has 0 aliphatic rings. The van der Waals surface area contributed by atoms with Crippen molar-refractivity contribution in [2.45, 2.75) is 18.1 Å². The summed E-state index contributed by atoms with van der Waals surface area (Å²) in [5.41, 5.74) is 0.986. The molecular weight excluding hydrogens is 303 g/mol. The summed E-state index contributed by atoms with van der Waals surface area (Å²) in [6.07, 6.45) is 4.02. The summed E-state index contributed by atoms with van der Waals surface area (Å²) in [4.78, 5) is 11.8. The molecule has 1 heterocycles. The monoisotopic (exact) mass is 320 g/mol. The van der Waals surface area contributed by atoms with Gasteiger partial charge in [0, 0.05) is 13.1 Å². The number of carbonyl (C=O) groups excluding carboxylic acids is 1. The molecule has 0 saturated carbocycles. The van der Waals surface area contributed by atoms with Gasteiger partial charge in [-0.05, 0) is 24.1 Å². The number of rotatable bonds is 8. The molecule has 2 rings (SSSR count). The van der Waals surface area contributed by atoms with Crippen molar-refractivity contribution in [2.75, 3.05) is 12.3 Å². The van der Waals surface area contributed by atoms with Gasteiger partial charge in [0.15, 0.2) is 5.16 Å². The normalized spacial score (nSPS) is 10.4. The molecule has 1 amide bonds. The first kappa shape index (κ1) is 16.2. The van der Waals surface area contributed by atoms with Gasteiger partial charge in [0.2, 0.25) is 5.91 Å². The van der Waals surface area contributed by atoms with E-state index in [0.29, 0.717) is 24.7 Å². The number of carbonyl (C=O) groups is 1. The summed E-state index contributed by atoms with van der Waals surface area (Å²) in [6.45, 7) is 4.79. The van der Waals surface area contributed by atoms with E-state index in [9.17, 15) is 9.18 Å². The minimum Gasteiger partial charge on any atom is -0.355 e. The number of nitrogens with zero attached hydrogens (tertiary/aromatic N) is 3. The van der Waals surface area contributed by atoms with Crippen molar-refractivity contribution in [1.29, 1.82) is 0 Å². The Hall–Kier alpha value is -2.15. The maximum Gasteiger partial charge on any atom is 0.230 e. The summed E-state index contributed by atoms with van der Waals surface area (Å²) >= 11 is 1.33. The first-order valence-corrected chi connectivity index (χ1v) is 7.80. The molecule has 0 fully saturated rings. The molecule has 0 radical (unpaired) electrons. The van der Waals surface area contributed by atoms with Crippen LogP contribution < -0.4 is 5.32 Å². The zero-order chi connectivity index (χ0) is 15.8. The molecule has 0 saturated heterocycles. The van der Waals surface area contributed by atoms with Crippen molar-refractivity contribution < 1.29 is 9.18 Å². The summed E-state index contributed by atoms with van der Waals surface area (Å²) in [5, 5.41) is 11.3. The maximum absolute atomic E-state index is 12.8. The number of thioether (sulfide) groups is 1. The van der Waals surface area contributed by atoms with Crippen LogP contribution in [0.15, 0.2) is 48.4 Å². The predicted octanol–water partition coefficient (Wildman–Crippen LogP) is 2.05. The topological polar surface area (TPSA) is 59.8 Å². The Balaban J connectivity index is 1.70. The van der Waals surface area contributed by atoms with E-state index in [1.165, 1.54) is 23.9 Å². The van der Waals surface area contributed by atoms with Crippen LogP contribution in [-0.2, 0) is 17.8 Å². The molecule has 5 nitrogen and oxygen atoms in total. The number of allylic oxidation sites excluding steroid dienone is 1. The molecule has 2 aromatic rings. The maximum atomic E-state index is 12.8. The standard InChI is InChI=1S/C15H17FN4OS/c1-2-9-20-11-18-19-15(20)22-10-14(21)17-8-7-12-3-5-13(16)6-4-12/h2-6,11H,1,7-10H2,(H,17,21). The van der Waals surface area contributed by atoms with Crippen LogP contribution in [0, 0.1) is 5.82 Å². The van der Waals surface area contributed by atoms with Crippen LogP contribution in [0.4, 0.5) is 4.39 Å². The largest absolute Gasteiger partial charge is 0.355 e. The van der Waals surface area contributed by atoms with E-state index >= 15 is 0 Å². The van der Waals surface area contributed by atoms with Crippen molar-refractivity contribution in [3.63, 3.8) is 0 Å². The van der Waals surface area contributed by atoms with Gasteiger partial charge >= 0.3 is 0 Å². The van der Waals surface area contributed by atoms with Crippen molar-refractivity contribution in [1.82, 2.24) is 20.1 Å². The van der Waals surface area contributed by atoms with Gasteiger partial charge in [-0.3, -0.25) is 4.79 Å². The van der Waals surface area contributed by atoms with E-state index in [1.54, 1.807) is 24.5 Å². The highest BCUT2D eigenvalue weighted by Crippen LogP contribution is 2.14. The van der Waals surface area contributed by atoms with Gasteiger partial charge in [-0.2, -0.15) is 0 Å². The van der Waals surface area contributed by atoms with Crippen LogP contribution in [0.25, 0.3) is 0 Å². The average Bonchev–Trinajstić information content (AvgIpc) is 2.95. The molecule has 0 bridgehead atoms. The summed E-state index contributed by atoms with van der Waals surface area (Å²) in [5.74, 6) is -0.0488. The van der Waals surface area contributed by atoms with Gasteiger partial charge < -0.3 is 9.88 Å². The quantitative estimate of drug-likeness (QED) is 0.597. The molecule has 1 aromatic heterocycles. The highest BCUT2D eigenvalue weighted by Gasteiger charge is 2.07. The first-order valence-electron chi connectivity index (χ1n) is 6.81. The Morgan fingerprint density at radius 2 is 2.18 bits per heavy atom. The van der Waals surface area contributed by atoms with Gasteiger partial charge in [-0.25, -0.2) is 4.39 Å². The van der Waals surface area contributed by atoms with Crippen molar-refractivity contribution >= 4 is 17.7 Å². The second kappa shape index (κ2) is 8.33. The third-order valence-electron chi connectivity index (χ3n) is 2.89. The van der Waals surface area contributed by atoms with Crippen molar-refractivity contribution in [2.24, 2.45) is 0 Å². The molecule has 1 aromatic carbocycles. The second-order valence-electron chi connectivity index (χ2n) is 4.57. The Bertz CT molecular complexity index is 627. The van der Waals surface area contributed by atoms with Crippen LogP contribution in [0.3, 0.4) is 0 Å². The Kier molecular flexibility index (Phi) is 6.14. The van der Waals surface area contributed by atoms with Crippen LogP contribution in [0.2, 0.25) is 0 Å². The summed E-state index contributed by atoms with van der Waals surface area (Å²) < 4.78 is 14.6. The molecule has 0 aliphatic carbocycles. The van der Waals surface area contributed by atoms with E-state index in [1.807, 2.05) is 4.57 Å². The van der Waals surface area contributed by atoms with Gasteiger partial charge in [0.05, 0.1) is 5.75 Å². The van der Waals surface area contributed by atoms with E-state index in [4.69, 9.17) is 0 Å². The van der Waals surface area contributed by atoms with Gasteiger partial charge in [0.25, 0.3) is 0 Å². The third-order valence-corrected chi connectivity index (χ3v) is 3.87. The minimum absolute atomic E-state index is 0.0692. The Morgan fingerprint density at radius 3 is 2.91 bits per heavy atom. The van der Waals surface area contributed by atoms with Crippen molar-refractivity contribution in [3.05, 3.63) is 54.6 Å². The lowest BCUT2D eigenvalue weighted by Gasteiger charge is -2.06. The van der Waals surface area contributed by atoms with Crippen LogP contribution in [0.1, 0.15) is 5.56 Å². The predicted molar refractivity (Wildman–Crippen MR) is 84.1 cm³/mol. The fourth-order valence-electron chi connectivity index (χ4n) is 1.80. The SMILES string of the molecule is C=CCn1cnnc1SCC(=O)NCCc1ccc(F)cc1. The van der Waals surface area contributed by atoms with Crippen LogP contribution >= 0.6 is 11.8 Å². The first-order chi connectivity index (χ1) is 10.7. The number of nitrogens with one attached hydrogen (secondary N) is 1. The molecule has 7 heteroatoms. The average molecular weight is 320 g/mol. The van der Waals surface area contributed by atoms with Crippen LogP contribution in [0.5, 0.6) is 0 Å². The zero-order valence-electron chi connectivity index (χ0n) is 12.0. The van der Waals surface area contributed by atoms with E-state index in [0.717, 1.165) is 5.56 Å². The van der Waals surface area contributed by atoms with Gasteiger partial charge in [-0.1, -0.05) is 30.0 Å². The lowest BCUT2D eigenvalue weighted by Crippen LogP contribution is -2.27. The van der Waals surface area contributed by atoms with Crippen LogP contribution in [-0.4, -0.2) is 33.0 Å². The molecular formula is C15H17FN4OS. The van der Waals surface area contributed by atoms with E-state index in [2.05, 4.69) is 22.1 Å². The molecule has 0 spiro atoms. The fraction of sp³-hybridized carbons (Fsp3) is 0.267. The number of hydrogen-bond donors (Lipinski definition) is 1. The summed E-state index contributed by atoms with van der Waals surface area (Å²) in [7, 11) is 0. The molecule has 1 N–H and O–H groups in total. The fourth-order valence-corrected chi connectivity index (χ4v) is 2.55. The molecule has 116 valence electrons. The molecule has 0 aliphatic heterocycles. The number of halogens is 1. The number of amides is 1. The Morgan fingerprint density at radius 1 is 1.41 bits per heavy atom. The highest BCUT2D eigenvalue weighted by molar-refractivity contribution is 7.99. The number of hydrogen-bond acceptors (Lipinski definition) is 4. The van der Waals surface area contributed by atoms with Gasteiger partial charge in [-0.15, -0.1) is 16.8 Å². The molecule has 22 heavy (non-hydrogen) atoms. The van der Waals surface area contributed by atoms with E-state index < -0.39 is 0 Å². The third kappa shape index (κ3) is 5.00. The smallest absolute Gasteiger partial charge is 0.230 e. The van der Waals surface area contributed by atoms with Crippen molar-refractivity contribution in [3.8, 4) is 0 Å². The lowest BCUT2D eigenvalue weighted by atomic mass is 10.1. The zero-order valence-corrected chi connectivity index (χ0v) is 12.9. The minimum atomic E-state index is -0.257. The van der Waals surface area contributed by atoms with E-state index in [-0.39, 0.29) is 17.5 Å². The van der Waals surface area contributed by atoms with Gasteiger partial charge in [0.1, 0.15) is 12.1 Å². The second-order valence-corrected chi connectivity index (χ2v) is 5.51. The summed E-state index contributed by atoms with van der Waals surface area (Å²) in [6, 6.07) is 6.26. The number of benzene rings is 1. The highest BCUT2D eigenvalue weighted by atomic mass is 32.2. The molecule has 0 unspecified atom stereocenters. The lowest BCUT2D eigenvalue weighted by molar-refractivity contribution is -0.118. The molecule has 0 atom stereocenters.